The Morgan fingerprint density at radius 2 is 2.00 bits per heavy atom. The first-order valence-electron chi connectivity index (χ1n) is 9.51. The van der Waals surface area contributed by atoms with Crippen molar-refractivity contribution in [3.8, 4) is 0 Å². The summed E-state index contributed by atoms with van der Waals surface area (Å²) >= 11 is 1.37. The molecule has 164 valence electrons. The number of ether oxygens (including phenoxy) is 1. The van der Waals surface area contributed by atoms with Crippen molar-refractivity contribution in [1.29, 1.82) is 0 Å². The summed E-state index contributed by atoms with van der Waals surface area (Å²) in [5, 5.41) is 7.83. The number of carbonyl (C=O) groups excluding carboxylic acids is 3. The molecule has 0 radical (unpaired) electrons. The molecule has 9 heteroatoms. The van der Waals surface area contributed by atoms with E-state index in [-0.39, 0.29) is 18.0 Å². The molecule has 7 nitrogen and oxygen atoms in total. The fourth-order valence-electron chi connectivity index (χ4n) is 2.81. The van der Waals surface area contributed by atoms with Gasteiger partial charge in [-0.25, -0.2) is 14.2 Å². The molecule has 3 rings (SSSR count). The summed E-state index contributed by atoms with van der Waals surface area (Å²) in [6.45, 7) is 1.92. The minimum absolute atomic E-state index is 0.113. The van der Waals surface area contributed by atoms with Crippen LogP contribution in [0.15, 0.2) is 53.9 Å². The number of amides is 2. The van der Waals surface area contributed by atoms with Crippen LogP contribution in [-0.2, 0) is 16.1 Å². The summed E-state index contributed by atoms with van der Waals surface area (Å²) in [7, 11) is 1.25. The van der Waals surface area contributed by atoms with Crippen LogP contribution in [-0.4, -0.2) is 29.9 Å². The molecule has 0 unspecified atom stereocenters. The first-order valence-corrected chi connectivity index (χ1v) is 10.4. The number of aryl methyl sites for hydroxylation is 1. The lowest BCUT2D eigenvalue weighted by Gasteiger charge is -2.10. The third-order valence-corrected chi connectivity index (χ3v) is 5.04. The number of hydrogen-bond donors (Lipinski definition) is 2. The molecule has 0 saturated carbocycles. The zero-order valence-electron chi connectivity index (χ0n) is 17.3. The minimum Gasteiger partial charge on any atom is -0.465 e. The zero-order chi connectivity index (χ0) is 23.1. The molecule has 0 aliphatic rings. The monoisotopic (exact) mass is 453 g/mol. The highest BCUT2D eigenvalue weighted by Gasteiger charge is 2.13. The number of aromatic nitrogens is 1. The van der Waals surface area contributed by atoms with Crippen LogP contribution in [0.25, 0.3) is 6.08 Å². The number of halogens is 1. The zero-order valence-corrected chi connectivity index (χ0v) is 18.2. The van der Waals surface area contributed by atoms with Crippen molar-refractivity contribution in [2.75, 3.05) is 12.4 Å². The second-order valence-corrected chi connectivity index (χ2v) is 7.78. The lowest BCUT2D eigenvalue weighted by molar-refractivity contribution is -0.111. The molecule has 2 aromatic carbocycles. The van der Waals surface area contributed by atoms with Gasteiger partial charge in [-0.1, -0.05) is 12.1 Å². The highest BCUT2D eigenvalue weighted by Crippen LogP contribution is 2.17. The van der Waals surface area contributed by atoms with Gasteiger partial charge in [-0.05, 0) is 54.5 Å². The second kappa shape index (κ2) is 10.5. The van der Waals surface area contributed by atoms with Crippen molar-refractivity contribution in [3.63, 3.8) is 0 Å². The van der Waals surface area contributed by atoms with Crippen LogP contribution in [0.2, 0.25) is 0 Å². The number of nitrogens with zero attached hydrogens (tertiary/aromatic N) is 1. The van der Waals surface area contributed by atoms with Crippen molar-refractivity contribution in [2.45, 2.75) is 13.5 Å². The maximum absolute atomic E-state index is 13.3. The van der Waals surface area contributed by atoms with Crippen LogP contribution in [0.3, 0.4) is 0 Å². The van der Waals surface area contributed by atoms with Gasteiger partial charge in [0.25, 0.3) is 5.91 Å². The summed E-state index contributed by atoms with van der Waals surface area (Å²) in [6, 6.07) is 10.5. The molecule has 2 N–H and O–H groups in total. The summed E-state index contributed by atoms with van der Waals surface area (Å²) < 4.78 is 18.0. The minimum atomic E-state index is -0.584. The summed E-state index contributed by atoms with van der Waals surface area (Å²) in [5.74, 6) is -1.80. The Bertz CT molecular complexity index is 1190. The standard InChI is InChI=1S/C23H20FN3O4S/c1-14-26-20(13-32-14)22(29)25-12-16-8-17(23(30)31-2)11-19(10-16)27-21(28)7-6-15-4-3-5-18(24)9-15/h3-11,13H,12H2,1-2H3,(H,25,29)(H,27,28)/b7-6+. The molecule has 0 spiro atoms. The van der Waals surface area contributed by atoms with E-state index < -0.39 is 17.7 Å². The molecule has 2 amide bonds. The maximum Gasteiger partial charge on any atom is 0.337 e. The lowest BCUT2D eigenvalue weighted by Crippen LogP contribution is -2.23. The van der Waals surface area contributed by atoms with Gasteiger partial charge in [-0.2, -0.15) is 0 Å². The number of rotatable bonds is 7. The number of anilines is 1. The van der Waals surface area contributed by atoms with E-state index in [9.17, 15) is 18.8 Å². The van der Waals surface area contributed by atoms with Crippen molar-refractivity contribution in [2.24, 2.45) is 0 Å². The first kappa shape index (κ1) is 22.8. The third-order valence-electron chi connectivity index (χ3n) is 4.26. The quantitative estimate of drug-likeness (QED) is 0.417. The van der Waals surface area contributed by atoms with E-state index >= 15 is 0 Å². The number of methoxy groups -OCH3 is 1. The van der Waals surface area contributed by atoms with Gasteiger partial charge >= 0.3 is 5.97 Å². The van der Waals surface area contributed by atoms with Gasteiger partial charge in [0.2, 0.25) is 5.91 Å². The Kier molecular flexibility index (Phi) is 7.45. The molecule has 0 atom stereocenters. The van der Waals surface area contributed by atoms with Crippen molar-refractivity contribution in [1.82, 2.24) is 10.3 Å². The highest BCUT2D eigenvalue weighted by molar-refractivity contribution is 7.09. The Balaban J connectivity index is 1.73. The van der Waals surface area contributed by atoms with Crippen LogP contribution in [0.1, 0.15) is 37.0 Å². The van der Waals surface area contributed by atoms with E-state index in [4.69, 9.17) is 4.74 Å². The van der Waals surface area contributed by atoms with Crippen LogP contribution >= 0.6 is 11.3 Å². The average molecular weight is 453 g/mol. The molecule has 0 fully saturated rings. The van der Waals surface area contributed by atoms with E-state index in [0.29, 0.717) is 22.5 Å². The molecule has 1 aromatic heterocycles. The SMILES string of the molecule is COC(=O)c1cc(CNC(=O)c2csc(C)n2)cc(NC(=O)/C=C/c2cccc(F)c2)c1. The van der Waals surface area contributed by atoms with Crippen LogP contribution < -0.4 is 10.6 Å². The Hall–Kier alpha value is -3.85. The van der Waals surface area contributed by atoms with Crippen molar-refractivity contribution < 1.29 is 23.5 Å². The Morgan fingerprint density at radius 3 is 2.69 bits per heavy atom. The molecule has 0 saturated heterocycles. The van der Waals surface area contributed by atoms with Gasteiger partial charge in [-0.15, -0.1) is 11.3 Å². The summed E-state index contributed by atoms with van der Waals surface area (Å²) in [5.41, 5.74) is 1.98. The molecule has 0 aliphatic heterocycles. The number of benzene rings is 2. The molecule has 0 bridgehead atoms. The number of thiazole rings is 1. The van der Waals surface area contributed by atoms with Crippen molar-refractivity contribution >= 4 is 40.9 Å². The Labute approximate surface area is 187 Å². The number of esters is 1. The van der Waals surface area contributed by atoms with Gasteiger partial charge in [0, 0.05) is 23.7 Å². The third kappa shape index (κ3) is 6.32. The van der Waals surface area contributed by atoms with E-state index in [1.165, 1.54) is 48.8 Å². The molecule has 1 heterocycles. The summed E-state index contributed by atoms with van der Waals surface area (Å²) in [4.78, 5) is 40.7. The van der Waals surface area contributed by atoms with E-state index in [2.05, 4.69) is 15.6 Å². The molecular weight excluding hydrogens is 433 g/mol. The van der Waals surface area contributed by atoms with Gasteiger partial charge in [0.05, 0.1) is 17.7 Å². The molecule has 3 aromatic rings. The average Bonchev–Trinajstić information content (AvgIpc) is 3.22. The van der Waals surface area contributed by atoms with E-state index in [0.717, 1.165) is 5.01 Å². The first-order chi connectivity index (χ1) is 15.3. The van der Waals surface area contributed by atoms with Gasteiger partial charge in [0.1, 0.15) is 11.5 Å². The predicted molar refractivity (Wildman–Crippen MR) is 120 cm³/mol. The van der Waals surface area contributed by atoms with Gasteiger partial charge in [-0.3, -0.25) is 9.59 Å². The van der Waals surface area contributed by atoms with Gasteiger partial charge < -0.3 is 15.4 Å². The maximum atomic E-state index is 13.3. The van der Waals surface area contributed by atoms with Crippen LogP contribution in [0.5, 0.6) is 0 Å². The van der Waals surface area contributed by atoms with E-state index in [1.54, 1.807) is 36.6 Å². The lowest BCUT2D eigenvalue weighted by atomic mass is 10.1. The van der Waals surface area contributed by atoms with Crippen LogP contribution in [0, 0.1) is 12.7 Å². The number of nitrogens with one attached hydrogen (secondary N) is 2. The highest BCUT2D eigenvalue weighted by atomic mass is 32.1. The second-order valence-electron chi connectivity index (χ2n) is 6.72. The largest absolute Gasteiger partial charge is 0.465 e. The van der Waals surface area contributed by atoms with Crippen molar-refractivity contribution in [3.05, 3.63) is 87.1 Å². The van der Waals surface area contributed by atoms with Crippen LogP contribution in [0.4, 0.5) is 10.1 Å². The Morgan fingerprint density at radius 1 is 1.19 bits per heavy atom. The predicted octanol–water partition coefficient (Wildman–Crippen LogP) is 3.96. The fraction of sp³-hybridized carbons (Fsp3) is 0.130. The fourth-order valence-corrected chi connectivity index (χ4v) is 3.40. The van der Waals surface area contributed by atoms with Gasteiger partial charge in [0.15, 0.2) is 0 Å². The topological polar surface area (TPSA) is 97.4 Å². The number of hydrogen-bond acceptors (Lipinski definition) is 6. The number of carbonyl (C=O) groups is 3. The molecule has 32 heavy (non-hydrogen) atoms. The molecular formula is C23H20FN3O4S. The normalized spacial score (nSPS) is 10.7. The molecule has 0 aliphatic carbocycles. The van der Waals surface area contributed by atoms with E-state index in [1.807, 2.05) is 0 Å². The summed E-state index contributed by atoms with van der Waals surface area (Å²) in [6.07, 6.45) is 2.73. The smallest absolute Gasteiger partial charge is 0.337 e.